The van der Waals surface area contributed by atoms with Crippen LogP contribution >= 0.6 is 0 Å². The van der Waals surface area contributed by atoms with Crippen molar-refractivity contribution >= 4 is 10.0 Å². The van der Waals surface area contributed by atoms with Crippen molar-refractivity contribution < 1.29 is 13.5 Å². The molecule has 1 aromatic rings. The fourth-order valence-electron chi connectivity index (χ4n) is 2.18. The molecule has 0 aliphatic heterocycles. The summed E-state index contributed by atoms with van der Waals surface area (Å²) in [6.45, 7) is 3.72. The Hall–Kier alpha value is -0.910. The molecule has 1 aliphatic rings. The molecule has 2 rings (SSSR count). The van der Waals surface area contributed by atoms with Gasteiger partial charge in [-0.25, -0.2) is 13.1 Å². The van der Waals surface area contributed by atoms with Crippen molar-refractivity contribution in [2.75, 3.05) is 6.54 Å². The average Bonchev–Trinajstić information content (AvgIpc) is 3.10. The Balaban J connectivity index is 1.95. The van der Waals surface area contributed by atoms with Crippen LogP contribution < -0.4 is 4.72 Å². The monoisotopic (exact) mass is 283 g/mol. The number of hydrogen-bond donors (Lipinski definition) is 2. The molecule has 19 heavy (non-hydrogen) atoms. The fourth-order valence-corrected chi connectivity index (χ4v) is 3.41. The summed E-state index contributed by atoms with van der Waals surface area (Å²) in [6, 6.07) is 7.44. The van der Waals surface area contributed by atoms with Gasteiger partial charge in [0.1, 0.15) is 0 Å². The zero-order valence-corrected chi connectivity index (χ0v) is 12.2. The van der Waals surface area contributed by atoms with E-state index in [-0.39, 0.29) is 18.2 Å². The van der Waals surface area contributed by atoms with Crippen LogP contribution in [0.15, 0.2) is 24.3 Å². The van der Waals surface area contributed by atoms with Gasteiger partial charge in [0, 0.05) is 6.54 Å². The maximum absolute atomic E-state index is 12.0. The highest BCUT2D eigenvalue weighted by Crippen LogP contribution is 2.39. The summed E-state index contributed by atoms with van der Waals surface area (Å²) in [5.74, 6) is 0.185. The minimum absolute atomic E-state index is 0.0462. The largest absolute Gasteiger partial charge is 0.389 e. The minimum Gasteiger partial charge on any atom is -0.389 e. The van der Waals surface area contributed by atoms with Crippen molar-refractivity contribution in [3.63, 3.8) is 0 Å². The lowest BCUT2D eigenvalue weighted by molar-refractivity contribution is 0.0422. The lowest BCUT2D eigenvalue weighted by Crippen LogP contribution is -2.42. The molecule has 1 aromatic carbocycles. The molecule has 2 N–H and O–H groups in total. The van der Waals surface area contributed by atoms with Crippen molar-refractivity contribution in [3.8, 4) is 0 Å². The molecule has 5 heteroatoms. The molecule has 106 valence electrons. The highest BCUT2D eigenvalue weighted by atomic mass is 32.2. The summed E-state index contributed by atoms with van der Waals surface area (Å²) in [7, 11) is -3.40. The zero-order chi connectivity index (χ0) is 14.1. The van der Waals surface area contributed by atoms with E-state index in [2.05, 4.69) is 4.72 Å². The summed E-state index contributed by atoms with van der Waals surface area (Å²) >= 11 is 0. The maximum atomic E-state index is 12.0. The van der Waals surface area contributed by atoms with Gasteiger partial charge in [0.25, 0.3) is 0 Å². The summed E-state index contributed by atoms with van der Waals surface area (Å²) in [4.78, 5) is 0. The lowest BCUT2D eigenvalue weighted by atomic mass is 10.0. The van der Waals surface area contributed by atoms with Crippen LogP contribution in [-0.2, 0) is 15.8 Å². The van der Waals surface area contributed by atoms with Crippen molar-refractivity contribution in [3.05, 3.63) is 35.4 Å². The second-order valence-electron chi connectivity index (χ2n) is 5.70. The topological polar surface area (TPSA) is 66.4 Å². The molecule has 1 saturated carbocycles. The molecular weight excluding hydrogens is 262 g/mol. The van der Waals surface area contributed by atoms with Crippen LogP contribution in [-0.4, -0.2) is 25.7 Å². The predicted octanol–water partition coefficient (Wildman–Crippen LogP) is 1.58. The zero-order valence-electron chi connectivity index (χ0n) is 11.4. The molecule has 1 fully saturated rings. The van der Waals surface area contributed by atoms with Gasteiger partial charge >= 0.3 is 0 Å². The third kappa shape index (κ3) is 4.30. The molecule has 0 saturated heterocycles. The van der Waals surface area contributed by atoms with E-state index in [4.69, 9.17) is 0 Å². The van der Waals surface area contributed by atoms with Gasteiger partial charge in [0.2, 0.25) is 10.0 Å². The number of nitrogens with one attached hydrogen (secondary N) is 1. The van der Waals surface area contributed by atoms with Gasteiger partial charge in [-0.1, -0.05) is 29.8 Å². The summed E-state index contributed by atoms with van der Waals surface area (Å²) in [5, 5.41) is 10.1. The van der Waals surface area contributed by atoms with Crippen LogP contribution in [0.4, 0.5) is 0 Å². The Bertz CT molecular complexity index is 548. The first-order chi connectivity index (χ1) is 8.78. The molecule has 0 spiro atoms. The van der Waals surface area contributed by atoms with E-state index in [1.807, 2.05) is 25.1 Å². The SMILES string of the molecule is Cc1cccc(CS(=O)(=O)NC[C@@](C)(O)C2CC2)c1. The van der Waals surface area contributed by atoms with E-state index in [0.29, 0.717) is 0 Å². The van der Waals surface area contributed by atoms with E-state index in [9.17, 15) is 13.5 Å². The molecule has 0 heterocycles. The van der Waals surface area contributed by atoms with Gasteiger partial charge in [-0.3, -0.25) is 0 Å². The number of benzene rings is 1. The third-order valence-electron chi connectivity index (χ3n) is 3.55. The first-order valence-corrected chi connectivity index (χ1v) is 8.19. The molecule has 0 bridgehead atoms. The van der Waals surface area contributed by atoms with Gasteiger partial charge in [-0.15, -0.1) is 0 Å². The Labute approximate surface area is 114 Å². The number of sulfonamides is 1. The quantitative estimate of drug-likeness (QED) is 0.833. The first kappa shape index (κ1) is 14.5. The normalized spacial score (nSPS) is 19.1. The second kappa shape index (κ2) is 5.23. The Morgan fingerprint density at radius 3 is 2.68 bits per heavy atom. The smallest absolute Gasteiger partial charge is 0.215 e. The molecule has 1 aliphatic carbocycles. The molecule has 0 amide bonds. The number of hydrogen-bond acceptors (Lipinski definition) is 3. The van der Waals surface area contributed by atoms with Crippen molar-refractivity contribution in [2.45, 2.75) is 38.0 Å². The van der Waals surface area contributed by atoms with Crippen molar-refractivity contribution in [1.29, 1.82) is 0 Å². The van der Waals surface area contributed by atoms with Crippen LogP contribution in [0, 0.1) is 12.8 Å². The number of aliphatic hydroxyl groups is 1. The summed E-state index contributed by atoms with van der Waals surface area (Å²) in [6.07, 6.45) is 1.96. The molecule has 0 unspecified atom stereocenters. The summed E-state index contributed by atoms with van der Waals surface area (Å²) < 4.78 is 26.5. The fraction of sp³-hybridized carbons (Fsp3) is 0.571. The van der Waals surface area contributed by atoms with Crippen LogP contribution in [0.25, 0.3) is 0 Å². The molecule has 1 atom stereocenters. The predicted molar refractivity (Wildman–Crippen MR) is 75.2 cm³/mol. The standard InChI is InChI=1S/C14H21NO3S/c1-11-4-3-5-12(8-11)9-19(17,18)15-10-14(2,16)13-6-7-13/h3-5,8,13,15-16H,6-7,9-10H2,1-2H3/t14-/m1/s1. The third-order valence-corrected chi connectivity index (χ3v) is 4.84. The van der Waals surface area contributed by atoms with Gasteiger partial charge in [-0.05, 0) is 38.2 Å². The van der Waals surface area contributed by atoms with Crippen LogP contribution in [0.5, 0.6) is 0 Å². The Kier molecular flexibility index (Phi) is 3.99. The van der Waals surface area contributed by atoms with E-state index in [1.165, 1.54) is 0 Å². The van der Waals surface area contributed by atoms with E-state index in [1.54, 1.807) is 13.0 Å². The molecular formula is C14H21NO3S. The summed E-state index contributed by atoms with van der Waals surface area (Å²) in [5.41, 5.74) is 0.871. The van der Waals surface area contributed by atoms with E-state index < -0.39 is 15.6 Å². The van der Waals surface area contributed by atoms with E-state index in [0.717, 1.165) is 24.0 Å². The lowest BCUT2D eigenvalue weighted by Gasteiger charge is -2.23. The van der Waals surface area contributed by atoms with Gasteiger partial charge in [-0.2, -0.15) is 0 Å². The second-order valence-corrected chi connectivity index (χ2v) is 7.51. The Morgan fingerprint density at radius 1 is 1.42 bits per heavy atom. The van der Waals surface area contributed by atoms with Gasteiger partial charge in [0.05, 0.1) is 11.4 Å². The van der Waals surface area contributed by atoms with Crippen molar-refractivity contribution in [2.24, 2.45) is 5.92 Å². The molecule has 4 nitrogen and oxygen atoms in total. The number of aryl methyl sites for hydroxylation is 1. The van der Waals surface area contributed by atoms with E-state index >= 15 is 0 Å². The van der Waals surface area contributed by atoms with Gasteiger partial charge < -0.3 is 5.11 Å². The van der Waals surface area contributed by atoms with Crippen LogP contribution in [0.2, 0.25) is 0 Å². The molecule has 0 radical (unpaired) electrons. The minimum atomic E-state index is -3.40. The van der Waals surface area contributed by atoms with Crippen LogP contribution in [0.3, 0.4) is 0 Å². The average molecular weight is 283 g/mol. The Morgan fingerprint density at radius 2 is 2.11 bits per heavy atom. The van der Waals surface area contributed by atoms with Crippen molar-refractivity contribution in [1.82, 2.24) is 4.72 Å². The maximum Gasteiger partial charge on any atom is 0.215 e. The first-order valence-electron chi connectivity index (χ1n) is 6.54. The highest BCUT2D eigenvalue weighted by Gasteiger charge is 2.40. The highest BCUT2D eigenvalue weighted by molar-refractivity contribution is 7.88. The molecule has 0 aromatic heterocycles. The van der Waals surface area contributed by atoms with Gasteiger partial charge in [0.15, 0.2) is 0 Å². The number of rotatable bonds is 6. The van der Waals surface area contributed by atoms with Crippen LogP contribution in [0.1, 0.15) is 30.9 Å².